The lowest BCUT2D eigenvalue weighted by atomic mass is 9.95. The monoisotopic (exact) mass is 299 g/mol. The van der Waals surface area contributed by atoms with Crippen molar-refractivity contribution < 1.29 is 4.74 Å². The van der Waals surface area contributed by atoms with Gasteiger partial charge in [0.25, 0.3) is 0 Å². The van der Waals surface area contributed by atoms with E-state index < -0.39 is 0 Å². The molecule has 0 spiro atoms. The Morgan fingerprint density at radius 2 is 1.84 bits per heavy atom. The maximum Gasteiger partial charge on any atom is 0.229 e. The van der Waals surface area contributed by atoms with Gasteiger partial charge in [0.15, 0.2) is 0 Å². The third-order valence-corrected chi connectivity index (χ3v) is 3.16. The Hall–Kier alpha value is -1.26. The summed E-state index contributed by atoms with van der Waals surface area (Å²) in [5.41, 5.74) is 0.530. The minimum atomic E-state index is -0.201. The molecule has 1 heterocycles. The van der Waals surface area contributed by atoms with Gasteiger partial charge in [-0.15, -0.1) is 10.2 Å². The highest BCUT2D eigenvalue weighted by molar-refractivity contribution is 6.31. The van der Waals surface area contributed by atoms with E-state index >= 15 is 0 Å². The maximum atomic E-state index is 6.16. The maximum absolute atomic E-state index is 6.16. The summed E-state index contributed by atoms with van der Waals surface area (Å²) < 4.78 is 7.11. The van der Waals surface area contributed by atoms with E-state index in [1.54, 1.807) is 29.9 Å². The van der Waals surface area contributed by atoms with E-state index in [-0.39, 0.29) is 10.7 Å². The number of hydrogen-bond donors (Lipinski definition) is 0. The number of hydrogen-bond acceptors (Lipinski definition) is 3. The Bertz CT molecular complexity index is 602. The normalized spacial score (nSPS) is 11.7. The van der Waals surface area contributed by atoms with Crippen molar-refractivity contribution in [3.8, 4) is 11.4 Å². The molecule has 0 bridgehead atoms. The first-order valence-electron chi connectivity index (χ1n) is 5.80. The zero-order valence-electron chi connectivity index (χ0n) is 11.2. The molecule has 4 nitrogen and oxygen atoms in total. The summed E-state index contributed by atoms with van der Waals surface area (Å²) in [5, 5.41) is 8.98. The van der Waals surface area contributed by atoms with Crippen LogP contribution in [-0.4, -0.2) is 21.9 Å². The molecule has 0 amide bonds. The van der Waals surface area contributed by atoms with Crippen molar-refractivity contribution in [3.05, 3.63) is 34.3 Å². The van der Waals surface area contributed by atoms with Crippen LogP contribution in [0.15, 0.2) is 18.2 Å². The Morgan fingerprint density at radius 3 is 2.42 bits per heavy atom. The van der Waals surface area contributed by atoms with Crippen molar-refractivity contribution >= 4 is 23.2 Å². The van der Waals surface area contributed by atoms with Crippen LogP contribution in [0.5, 0.6) is 5.75 Å². The van der Waals surface area contributed by atoms with Crippen LogP contribution >= 0.6 is 23.2 Å². The molecular weight excluding hydrogens is 285 g/mol. The molecular formula is C13H15Cl2N3O. The molecule has 0 fully saturated rings. The van der Waals surface area contributed by atoms with Gasteiger partial charge in [0.1, 0.15) is 11.6 Å². The van der Waals surface area contributed by atoms with Gasteiger partial charge in [0, 0.05) is 10.4 Å². The quantitative estimate of drug-likeness (QED) is 0.845. The summed E-state index contributed by atoms with van der Waals surface area (Å²) in [6.45, 7) is 6.13. The Kier molecular flexibility index (Phi) is 3.74. The molecule has 0 unspecified atom stereocenters. The number of benzene rings is 1. The van der Waals surface area contributed by atoms with Crippen LogP contribution in [0.3, 0.4) is 0 Å². The SMILES string of the molecule is COc1ccc(Cl)cc1-n1c(Cl)nnc1C(C)(C)C. The minimum absolute atomic E-state index is 0.201. The Balaban J connectivity index is 2.72. The van der Waals surface area contributed by atoms with Gasteiger partial charge in [-0.2, -0.15) is 0 Å². The summed E-state index contributed by atoms with van der Waals surface area (Å²) in [6, 6.07) is 5.34. The lowest BCUT2D eigenvalue weighted by Crippen LogP contribution is -2.18. The number of aromatic nitrogens is 3. The Morgan fingerprint density at radius 1 is 1.16 bits per heavy atom. The second-order valence-corrected chi connectivity index (χ2v) is 5.97. The molecule has 19 heavy (non-hydrogen) atoms. The van der Waals surface area contributed by atoms with Gasteiger partial charge >= 0.3 is 0 Å². The molecule has 0 atom stereocenters. The third kappa shape index (κ3) is 2.69. The van der Waals surface area contributed by atoms with Gasteiger partial charge in [0.2, 0.25) is 5.28 Å². The van der Waals surface area contributed by atoms with Crippen LogP contribution in [0, 0.1) is 0 Å². The van der Waals surface area contributed by atoms with Gasteiger partial charge < -0.3 is 4.74 Å². The first kappa shape index (κ1) is 14.2. The molecule has 0 saturated carbocycles. The molecule has 0 aliphatic rings. The van der Waals surface area contributed by atoms with E-state index in [4.69, 9.17) is 27.9 Å². The Labute approximate surface area is 122 Å². The molecule has 2 aromatic rings. The van der Waals surface area contributed by atoms with Crippen molar-refractivity contribution in [1.29, 1.82) is 0 Å². The van der Waals surface area contributed by atoms with Crippen LogP contribution in [0.2, 0.25) is 10.3 Å². The fourth-order valence-electron chi connectivity index (χ4n) is 1.80. The predicted molar refractivity (Wildman–Crippen MR) is 76.6 cm³/mol. The standard InChI is InChI=1S/C13H15Cl2N3O/c1-13(2,3)11-16-17-12(15)18(11)9-7-8(14)5-6-10(9)19-4/h5-7H,1-4H3. The van der Waals surface area contributed by atoms with Crippen LogP contribution < -0.4 is 4.74 Å². The molecule has 1 aromatic heterocycles. The molecule has 0 aliphatic heterocycles. The van der Waals surface area contributed by atoms with Crippen LogP contribution in [0.1, 0.15) is 26.6 Å². The van der Waals surface area contributed by atoms with Crippen molar-refractivity contribution in [2.75, 3.05) is 7.11 Å². The van der Waals surface area contributed by atoms with Crippen molar-refractivity contribution in [3.63, 3.8) is 0 Å². The molecule has 0 radical (unpaired) electrons. The zero-order valence-corrected chi connectivity index (χ0v) is 12.7. The average Bonchev–Trinajstić information content (AvgIpc) is 2.70. The number of nitrogens with zero attached hydrogens (tertiary/aromatic N) is 3. The van der Waals surface area contributed by atoms with Gasteiger partial charge in [-0.3, -0.25) is 4.57 Å². The van der Waals surface area contributed by atoms with E-state index in [2.05, 4.69) is 10.2 Å². The lowest BCUT2D eigenvalue weighted by Gasteiger charge is -2.20. The summed E-state index contributed by atoms with van der Waals surface area (Å²) in [6.07, 6.45) is 0. The fraction of sp³-hybridized carbons (Fsp3) is 0.385. The van der Waals surface area contributed by atoms with Crippen LogP contribution in [0.4, 0.5) is 0 Å². The zero-order chi connectivity index (χ0) is 14.2. The van der Waals surface area contributed by atoms with Crippen molar-refractivity contribution in [2.45, 2.75) is 26.2 Å². The van der Waals surface area contributed by atoms with Gasteiger partial charge in [-0.25, -0.2) is 0 Å². The number of halogens is 2. The fourth-order valence-corrected chi connectivity index (χ4v) is 2.18. The van der Waals surface area contributed by atoms with Gasteiger partial charge in [-0.05, 0) is 29.8 Å². The third-order valence-electron chi connectivity index (χ3n) is 2.68. The highest BCUT2D eigenvalue weighted by Crippen LogP contribution is 2.32. The molecule has 1 aromatic carbocycles. The highest BCUT2D eigenvalue weighted by atomic mass is 35.5. The van der Waals surface area contributed by atoms with E-state index in [0.717, 1.165) is 11.5 Å². The van der Waals surface area contributed by atoms with Crippen LogP contribution in [-0.2, 0) is 5.41 Å². The van der Waals surface area contributed by atoms with Crippen molar-refractivity contribution in [2.24, 2.45) is 0 Å². The topological polar surface area (TPSA) is 39.9 Å². The lowest BCUT2D eigenvalue weighted by molar-refractivity contribution is 0.411. The van der Waals surface area contributed by atoms with Gasteiger partial charge in [-0.1, -0.05) is 32.4 Å². The highest BCUT2D eigenvalue weighted by Gasteiger charge is 2.25. The smallest absolute Gasteiger partial charge is 0.229 e. The first-order chi connectivity index (χ1) is 8.84. The first-order valence-corrected chi connectivity index (χ1v) is 6.55. The van der Waals surface area contributed by atoms with E-state index in [0.29, 0.717) is 10.8 Å². The molecule has 102 valence electrons. The summed E-state index contributed by atoms with van der Waals surface area (Å²) in [7, 11) is 1.60. The minimum Gasteiger partial charge on any atom is -0.495 e. The average molecular weight is 300 g/mol. The molecule has 2 rings (SSSR count). The van der Waals surface area contributed by atoms with E-state index in [9.17, 15) is 0 Å². The molecule has 0 aliphatic carbocycles. The van der Waals surface area contributed by atoms with Crippen LogP contribution in [0.25, 0.3) is 5.69 Å². The second kappa shape index (κ2) is 5.02. The number of ether oxygens (including phenoxy) is 1. The summed E-state index contributed by atoms with van der Waals surface area (Å²) >= 11 is 12.2. The largest absolute Gasteiger partial charge is 0.495 e. The van der Waals surface area contributed by atoms with E-state index in [1.165, 1.54) is 0 Å². The molecule has 0 saturated heterocycles. The second-order valence-electron chi connectivity index (χ2n) is 5.19. The van der Waals surface area contributed by atoms with E-state index in [1.807, 2.05) is 20.8 Å². The van der Waals surface area contributed by atoms with Gasteiger partial charge in [0.05, 0.1) is 12.8 Å². The summed E-state index contributed by atoms with van der Waals surface area (Å²) in [5.74, 6) is 1.41. The predicted octanol–water partition coefficient (Wildman–Crippen LogP) is 3.88. The molecule has 6 heteroatoms. The number of rotatable bonds is 2. The summed E-state index contributed by atoms with van der Waals surface area (Å²) in [4.78, 5) is 0. The number of methoxy groups -OCH3 is 1. The van der Waals surface area contributed by atoms with Crippen molar-refractivity contribution in [1.82, 2.24) is 14.8 Å². The molecule has 0 N–H and O–H groups in total.